The van der Waals surface area contributed by atoms with E-state index in [9.17, 15) is 4.39 Å². The molecule has 1 fully saturated rings. The lowest BCUT2D eigenvalue weighted by Crippen LogP contribution is -2.47. The molecule has 0 radical (unpaired) electrons. The van der Waals surface area contributed by atoms with Crippen LogP contribution < -0.4 is 15.1 Å². The molecule has 3 aromatic rings. The van der Waals surface area contributed by atoms with Gasteiger partial charge in [-0.25, -0.2) is 9.37 Å². The van der Waals surface area contributed by atoms with Crippen LogP contribution in [0.3, 0.4) is 0 Å². The van der Waals surface area contributed by atoms with Gasteiger partial charge in [0.1, 0.15) is 11.6 Å². The van der Waals surface area contributed by atoms with Gasteiger partial charge in [-0.1, -0.05) is 42.5 Å². The first-order valence-corrected chi connectivity index (χ1v) is 9.65. The number of halogens is 1. The van der Waals surface area contributed by atoms with E-state index in [1.54, 1.807) is 12.3 Å². The van der Waals surface area contributed by atoms with Crippen molar-refractivity contribution in [1.82, 2.24) is 9.97 Å². The molecule has 4 rings (SSSR count). The fourth-order valence-electron chi connectivity index (χ4n) is 3.43. The van der Waals surface area contributed by atoms with Crippen molar-refractivity contribution in [3.8, 4) is 0 Å². The summed E-state index contributed by atoms with van der Waals surface area (Å²) < 4.78 is 14.0. The summed E-state index contributed by atoms with van der Waals surface area (Å²) >= 11 is 0. The Morgan fingerprint density at radius 1 is 0.857 bits per heavy atom. The first-order valence-electron chi connectivity index (χ1n) is 9.65. The second-order valence-corrected chi connectivity index (χ2v) is 6.83. The van der Waals surface area contributed by atoms with Crippen molar-refractivity contribution in [3.63, 3.8) is 0 Å². The number of benzene rings is 2. The normalized spacial score (nSPS) is 14.2. The molecular weight excluding hydrogens is 353 g/mol. The Morgan fingerprint density at radius 2 is 1.57 bits per heavy atom. The van der Waals surface area contributed by atoms with Gasteiger partial charge in [-0.3, -0.25) is 0 Å². The summed E-state index contributed by atoms with van der Waals surface area (Å²) in [5.41, 5.74) is 1.97. The number of nitrogens with one attached hydrogen (secondary N) is 1. The topological polar surface area (TPSA) is 44.3 Å². The van der Waals surface area contributed by atoms with Crippen molar-refractivity contribution in [3.05, 3.63) is 78.2 Å². The molecule has 0 saturated carbocycles. The summed E-state index contributed by atoms with van der Waals surface area (Å²) in [4.78, 5) is 13.3. The monoisotopic (exact) mass is 377 g/mol. The SMILES string of the molecule is Fc1ccccc1N1CCN(c2nccc(NCCc3ccccc3)n2)CC1. The second-order valence-electron chi connectivity index (χ2n) is 6.83. The van der Waals surface area contributed by atoms with E-state index in [-0.39, 0.29) is 5.82 Å². The van der Waals surface area contributed by atoms with Gasteiger partial charge in [-0.15, -0.1) is 0 Å². The lowest BCUT2D eigenvalue weighted by atomic mass is 10.1. The Bertz CT molecular complexity index is 894. The molecule has 5 nitrogen and oxygen atoms in total. The van der Waals surface area contributed by atoms with E-state index >= 15 is 0 Å². The van der Waals surface area contributed by atoms with Gasteiger partial charge in [-0.05, 0) is 30.2 Å². The van der Waals surface area contributed by atoms with Crippen LogP contribution in [0.15, 0.2) is 66.9 Å². The molecule has 2 aromatic carbocycles. The van der Waals surface area contributed by atoms with Gasteiger partial charge in [0.15, 0.2) is 0 Å². The van der Waals surface area contributed by atoms with E-state index in [1.165, 1.54) is 11.6 Å². The van der Waals surface area contributed by atoms with Gasteiger partial charge in [0.05, 0.1) is 5.69 Å². The first-order chi connectivity index (χ1) is 13.8. The van der Waals surface area contributed by atoms with Gasteiger partial charge in [-0.2, -0.15) is 4.98 Å². The summed E-state index contributed by atoms with van der Waals surface area (Å²) in [5, 5.41) is 3.38. The lowest BCUT2D eigenvalue weighted by Gasteiger charge is -2.36. The molecule has 1 aromatic heterocycles. The Morgan fingerprint density at radius 3 is 2.36 bits per heavy atom. The summed E-state index contributed by atoms with van der Waals surface area (Å²) in [7, 11) is 0. The molecule has 0 unspecified atom stereocenters. The summed E-state index contributed by atoms with van der Waals surface area (Å²) in [6.07, 6.45) is 2.73. The number of rotatable bonds is 6. The molecule has 1 aliphatic heterocycles. The standard InChI is InChI=1S/C22H24FN5/c23-19-8-4-5-9-20(19)27-14-16-28(17-15-27)22-25-13-11-21(26-22)24-12-10-18-6-2-1-3-7-18/h1-9,11,13H,10,12,14-17H2,(H,24,25,26). The van der Waals surface area contributed by atoms with Crippen molar-refractivity contribution in [1.29, 1.82) is 0 Å². The van der Waals surface area contributed by atoms with Gasteiger partial charge < -0.3 is 15.1 Å². The maximum atomic E-state index is 14.0. The van der Waals surface area contributed by atoms with E-state index in [2.05, 4.69) is 49.4 Å². The van der Waals surface area contributed by atoms with Crippen LogP contribution in [0.4, 0.5) is 21.8 Å². The highest BCUT2D eigenvalue weighted by molar-refractivity contribution is 5.50. The maximum absolute atomic E-state index is 14.0. The van der Waals surface area contributed by atoms with Crippen LogP contribution in [0.1, 0.15) is 5.56 Å². The molecule has 0 bridgehead atoms. The van der Waals surface area contributed by atoms with Crippen LogP contribution >= 0.6 is 0 Å². The van der Waals surface area contributed by atoms with Gasteiger partial charge in [0, 0.05) is 38.9 Å². The van der Waals surface area contributed by atoms with Crippen molar-refractivity contribution in [2.45, 2.75) is 6.42 Å². The summed E-state index contributed by atoms with van der Waals surface area (Å²) in [6, 6.07) is 19.2. The molecule has 1 aliphatic rings. The predicted molar refractivity (Wildman–Crippen MR) is 111 cm³/mol. The Hall–Kier alpha value is -3.15. The minimum atomic E-state index is -0.170. The van der Waals surface area contributed by atoms with Crippen molar-refractivity contribution in [2.75, 3.05) is 47.8 Å². The molecule has 0 amide bonds. The highest BCUT2D eigenvalue weighted by Crippen LogP contribution is 2.21. The van der Waals surface area contributed by atoms with E-state index in [0.29, 0.717) is 5.69 Å². The molecule has 1 N–H and O–H groups in total. The number of anilines is 3. The molecule has 28 heavy (non-hydrogen) atoms. The van der Waals surface area contributed by atoms with Gasteiger partial charge >= 0.3 is 0 Å². The van der Waals surface area contributed by atoms with Crippen LogP contribution in [0.25, 0.3) is 0 Å². The molecule has 2 heterocycles. The highest BCUT2D eigenvalue weighted by Gasteiger charge is 2.21. The fourth-order valence-corrected chi connectivity index (χ4v) is 3.43. The zero-order chi connectivity index (χ0) is 19.2. The third-order valence-electron chi connectivity index (χ3n) is 4.96. The van der Waals surface area contributed by atoms with Crippen LogP contribution in [0.2, 0.25) is 0 Å². The zero-order valence-corrected chi connectivity index (χ0v) is 15.8. The number of hydrogen-bond donors (Lipinski definition) is 1. The molecule has 0 aliphatic carbocycles. The van der Waals surface area contributed by atoms with Gasteiger partial charge in [0.2, 0.25) is 5.95 Å². The zero-order valence-electron chi connectivity index (χ0n) is 15.8. The van der Waals surface area contributed by atoms with E-state index in [4.69, 9.17) is 0 Å². The number of piperazine rings is 1. The minimum Gasteiger partial charge on any atom is -0.370 e. The molecule has 1 saturated heterocycles. The molecule has 0 spiro atoms. The van der Waals surface area contributed by atoms with Crippen LogP contribution in [-0.2, 0) is 6.42 Å². The average molecular weight is 377 g/mol. The van der Waals surface area contributed by atoms with E-state index in [0.717, 1.165) is 50.9 Å². The largest absolute Gasteiger partial charge is 0.370 e. The number of nitrogens with zero attached hydrogens (tertiary/aromatic N) is 4. The van der Waals surface area contributed by atoms with Crippen molar-refractivity contribution in [2.24, 2.45) is 0 Å². The third kappa shape index (κ3) is 4.39. The molecular formula is C22H24FN5. The molecule has 6 heteroatoms. The Kier molecular flexibility index (Phi) is 5.66. The molecule has 144 valence electrons. The smallest absolute Gasteiger partial charge is 0.227 e. The summed E-state index contributed by atoms with van der Waals surface area (Å²) in [5.74, 6) is 1.38. The van der Waals surface area contributed by atoms with Crippen molar-refractivity contribution >= 4 is 17.5 Å². The van der Waals surface area contributed by atoms with Gasteiger partial charge in [0.25, 0.3) is 0 Å². The predicted octanol–water partition coefficient (Wildman–Crippen LogP) is 3.60. The Labute approximate surface area is 164 Å². The number of hydrogen-bond acceptors (Lipinski definition) is 5. The summed E-state index contributed by atoms with van der Waals surface area (Å²) in [6.45, 7) is 3.84. The second kappa shape index (κ2) is 8.69. The minimum absolute atomic E-state index is 0.170. The van der Waals surface area contributed by atoms with E-state index < -0.39 is 0 Å². The van der Waals surface area contributed by atoms with Crippen LogP contribution in [0, 0.1) is 5.82 Å². The highest BCUT2D eigenvalue weighted by atomic mass is 19.1. The third-order valence-corrected chi connectivity index (χ3v) is 4.96. The number of para-hydroxylation sites is 1. The maximum Gasteiger partial charge on any atom is 0.227 e. The van der Waals surface area contributed by atoms with Crippen molar-refractivity contribution < 1.29 is 4.39 Å². The van der Waals surface area contributed by atoms with Crippen LogP contribution in [0.5, 0.6) is 0 Å². The van der Waals surface area contributed by atoms with Crippen LogP contribution in [-0.4, -0.2) is 42.7 Å². The Balaban J connectivity index is 1.33. The average Bonchev–Trinajstić information content (AvgIpc) is 2.75. The fraction of sp³-hybridized carbons (Fsp3) is 0.273. The number of aromatic nitrogens is 2. The first kappa shape index (κ1) is 18.2. The quantitative estimate of drug-likeness (QED) is 0.711. The molecule has 0 atom stereocenters. The van der Waals surface area contributed by atoms with E-state index in [1.807, 2.05) is 24.3 Å². The lowest BCUT2D eigenvalue weighted by molar-refractivity contribution is 0.594.